The van der Waals surface area contributed by atoms with Crippen molar-refractivity contribution >= 4 is 5.91 Å². The molecule has 3 rings (SSSR count). The summed E-state index contributed by atoms with van der Waals surface area (Å²) in [5.41, 5.74) is 3.49. The number of hydrogen-bond acceptors (Lipinski definition) is 2. The van der Waals surface area contributed by atoms with Gasteiger partial charge in [0.2, 0.25) is 5.91 Å². The van der Waals surface area contributed by atoms with Crippen LogP contribution in [0, 0.1) is 12.7 Å². The van der Waals surface area contributed by atoms with Gasteiger partial charge in [0.05, 0.1) is 0 Å². The fourth-order valence-electron chi connectivity index (χ4n) is 3.91. The zero-order chi connectivity index (χ0) is 19.8. The van der Waals surface area contributed by atoms with Gasteiger partial charge < -0.3 is 10.2 Å². The molecule has 0 saturated carbocycles. The summed E-state index contributed by atoms with van der Waals surface area (Å²) in [4.78, 5) is 14.6. The maximum absolute atomic E-state index is 13.3. The highest BCUT2D eigenvalue weighted by molar-refractivity contribution is 5.76. The minimum atomic E-state index is -0.225. The Bertz CT molecular complexity index is 691. The molecule has 1 aliphatic rings. The van der Waals surface area contributed by atoms with Gasteiger partial charge >= 0.3 is 0 Å². The second-order valence-corrected chi connectivity index (χ2v) is 7.81. The van der Waals surface area contributed by atoms with Crippen LogP contribution in [0.4, 0.5) is 4.39 Å². The Labute approximate surface area is 167 Å². The highest BCUT2D eigenvalue weighted by Crippen LogP contribution is 2.28. The third-order valence-corrected chi connectivity index (χ3v) is 5.61. The van der Waals surface area contributed by atoms with Gasteiger partial charge in [0.25, 0.3) is 0 Å². The number of amides is 1. The quantitative estimate of drug-likeness (QED) is 0.721. The van der Waals surface area contributed by atoms with Crippen LogP contribution in [0.25, 0.3) is 0 Å². The zero-order valence-electron chi connectivity index (χ0n) is 16.8. The van der Waals surface area contributed by atoms with Crippen LogP contribution in [0.15, 0.2) is 48.5 Å². The van der Waals surface area contributed by atoms with Crippen molar-refractivity contribution in [2.45, 2.75) is 44.9 Å². The lowest BCUT2D eigenvalue weighted by Gasteiger charge is -2.26. The lowest BCUT2D eigenvalue weighted by atomic mass is 9.88. The number of aryl methyl sites for hydroxylation is 1. The van der Waals surface area contributed by atoms with Gasteiger partial charge in [-0.25, -0.2) is 4.39 Å². The molecule has 0 aliphatic carbocycles. The van der Waals surface area contributed by atoms with Crippen molar-refractivity contribution in [3.05, 3.63) is 71.0 Å². The number of nitrogens with one attached hydrogen (secondary N) is 1. The second kappa shape index (κ2) is 10.4. The van der Waals surface area contributed by atoms with Crippen LogP contribution in [-0.2, 0) is 4.79 Å². The maximum atomic E-state index is 13.3. The topological polar surface area (TPSA) is 32.3 Å². The Morgan fingerprint density at radius 3 is 2.25 bits per heavy atom. The van der Waals surface area contributed by atoms with Crippen LogP contribution < -0.4 is 5.32 Å². The average Bonchev–Trinajstić information content (AvgIpc) is 2.72. The Kier molecular flexibility index (Phi) is 7.61. The summed E-state index contributed by atoms with van der Waals surface area (Å²) in [6, 6.07) is 15.2. The van der Waals surface area contributed by atoms with E-state index in [2.05, 4.69) is 41.4 Å². The van der Waals surface area contributed by atoms with Gasteiger partial charge in [-0.3, -0.25) is 4.79 Å². The van der Waals surface area contributed by atoms with Gasteiger partial charge in [0.1, 0.15) is 5.82 Å². The monoisotopic (exact) mass is 382 g/mol. The van der Waals surface area contributed by atoms with Crippen LogP contribution >= 0.6 is 0 Å². The Balaban J connectivity index is 1.54. The SMILES string of the molecule is Cc1ccc(C(CCNC(=O)CCN2CCCCC2)c2ccc(F)cc2)cc1. The smallest absolute Gasteiger partial charge is 0.221 e. The molecule has 1 fully saturated rings. The number of hydrogen-bond donors (Lipinski definition) is 1. The molecule has 2 aromatic rings. The minimum Gasteiger partial charge on any atom is -0.356 e. The summed E-state index contributed by atoms with van der Waals surface area (Å²) in [5.74, 6) is 0.0355. The second-order valence-electron chi connectivity index (χ2n) is 7.81. The van der Waals surface area contributed by atoms with Gasteiger partial charge in [-0.15, -0.1) is 0 Å². The van der Waals surface area contributed by atoms with Crippen molar-refractivity contribution in [3.63, 3.8) is 0 Å². The van der Waals surface area contributed by atoms with Crippen LogP contribution in [-0.4, -0.2) is 37.0 Å². The molecule has 1 heterocycles. The molecule has 2 aromatic carbocycles. The van der Waals surface area contributed by atoms with Crippen molar-refractivity contribution < 1.29 is 9.18 Å². The Morgan fingerprint density at radius 2 is 1.61 bits per heavy atom. The first-order valence-electron chi connectivity index (χ1n) is 10.4. The molecule has 1 atom stereocenters. The summed E-state index contributed by atoms with van der Waals surface area (Å²) in [5, 5.41) is 3.08. The van der Waals surface area contributed by atoms with E-state index in [1.54, 1.807) is 0 Å². The number of carbonyl (C=O) groups is 1. The molecule has 0 aromatic heterocycles. The first-order valence-corrected chi connectivity index (χ1v) is 10.4. The molecule has 4 heteroatoms. The molecule has 1 N–H and O–H groups in total. The largest absolute Gasteiger partial charge is 0.356 e. The van der Waals surface area contributed by atoms with Gasteiger partial charge in [0.15, 0.2) is 0 Å². The van der Waals surface area contributed by atoms with Crippen molar-refractivity contribution in [3.8, 4) is 0 Å². The van der Waals surface area contributed by atoms with E-state index >= 15 is 0 Å². The van der Waals surface area contributed by atoms with E-state index in [-0.39, 0.29) is 17.6 Å². The van der Waals surface area contributed by atoms with E-state index in [4.69, 9.17) is 0 Å². The van der Waals surface area contributed by atoms with Gasteiger partial charge in [-0.1, -0.05) is 48.4 Å². The number of halogens is 1. The number of carbonyl (C=O) groups excluding carboxylic acids is 1. The molecule has 0 radical (unpaired) electrons. The summed E-state index contributed by atoms with van der Waals surface area (Å²) >= 11 is 0. The zero-order valence-corrected chi connectivity index (χ0v) is 16.8. The fourth-order valence-corrected chi connectivity index (χ4v) is 3.91. The van der Waals surface area contributed by atoms with E-state index in [1.165, 1.54) is 42.5 Å². The highest BCUT2D eigenvalue weighted by atomic mass is 19.1. The molecule has 150 valence electrons. The average molecular weight is 383 g/mol. The van der Waals surface area contributed by atoms with Crippen LogP contribution in [0.1, 0.15) is 54.7 Å². The van der Waals surface area contributed by atoms with Crippen LogP contribution in [0.2, 0.25) is 0 Å². The van der Waals surface area contributed by atoms with Gasteiger partial charge in [-0.2, -0.15) is 0 Å². The standard InChI is InChI=1S/C24H31FN2O/c1-19-5-7-20(8-6-19)23(21-9-11-22(25)12-10-21)13-15-26-24(28)14-18-27-16-3-2-4-17-27/h5-12,23H,2-4,13-18H2,1H3,(H,26,28). The number of likely N-dealkylation sites (tertiary alicyclic amines) is 1. The predicted molar refractivity (Wildman–Crippen MR) is 112 cm³/mol. The van der Waals surface area contributed by atoms with Gasteiger partial charge in [0, 0.05) is 25.4 Å². The van der Waals surface area contributed by atoms with Crippen molar-refractivity contribution in [2.24, 2.45) is 0 Å². The van der Waals surface area contributed by atoms with E-state index in [9.17, 15) is 9.18 Å². The molecular formula is C24H31FN2O. The normalized spacial score (nSPS) is 15.9. The Hall–Kier alpha value is -2.20. The third-order valence-electron chi connectivity index (χ3n) is 5.61. The lowest BCUT2D eigenvalue weighted by molar-refractivity contribution is -0.121. The Morgan fingerprint density at radius 1 is 1.00 bits per heavy atom. The van der Waals surface area contributed by atoms with Crippen molar-refractivity contribution in [2.75, 3.05) is 26.2 Å². The molecule has 0 spiro atoms. The molecule has 28 heavy (non-hydrogen) atoms. The molecule has 1 saturated heterocycles. The summed E-state index contributed by atoms with van der Waals surface area (Å²) in [6.07, 6.45) is 5.16. The maximum Gasteiger partial charge on any atom is 0.221 e. The predicted octanol–water partition coefficient (Wildman–Crippen LogP) is 4.65. The van der Waals surface area contributed by atoms with Crippen molar-refractivity contribution in [1.82, 2.24) is 10.2 Å². The van der Waals surface area contributed by atoms with E-state index in [1.807, 2.05) is 12.1 Å². The minimum absolute atomic E-state index is 0.118. The fraction of sp³-hybridized carbons (Fsp3) is 0.458. The molecule has 1 amide bonds. The number of nitrogens with zero attached hydrogens (tertiary/aromatic N) is 1. The van der Waals surface area contributed by atoms with Crippen LogP contribution in [0.5, 0.6) is 0 Å². The lowest BCUT2D eigenvalue weighted by Crippen LogP contribution is -2.34. The summed E-state index contributed by atoms with van der Waals surface area (Å²) in [6.45, 7) is 5.78. The van der Waals surface area contributed by atoms with E-state index in [0.29, 0.717) is 13.0 Å². The molecule has 1 aliphatic heterocycles. The van der Waals surface area contributed by atoms with Gasteiger partial charge in [-0.05, 0) is 62.5 Å². The third kappa shape index (κ3) is 6.16. The summed E-state index contributed by atoms with van der Waals surface area (Å²) < 4.78 is 13.3. The summed E-state index contributed by atoms with van der Waals surface area (Å²) in [7, 11) is 0. The molecular weight excluding hydrogens is 351 g/mol. The van der Waals surface area contributed by atoms with E-state index < -0.39 is 0 Å². The highest BCUT2D eigenvalue weighted by Gasteiger charge is 2.16. The van der Waals surface area contributed by atoms with E-state index in [0.717, 1.165) is 31.6 Å². The van der Waals surface area contributed by atoms with Crippen LogP contribution in [0.3, 0.4) is 0 Å². The first-order chi connectivity index (χ1) is 13.6. The first kappa shape index (κ1) is 20.5. The number of piperidine rings is 1. The number of benzene rings is 2. The van der Waals surface area contributed by atoms with Crippen molar-refractivity contribution in [1.29, 1.82) is 0 Å². The molecule has 0 bridgehead atoms. The number of rotatable bonds is 8. The molecule has 1 unspecified atom stereocenters. The molecule has 3 nitrogen and oxygen atoms in total.